The molecule has 0 bridgehead atoms. The van der Waals surface area contributed by atoms with Crippen LogP contribution in [-0.2, 0) is 20.6 Å². The van der Waals surface area contributed by atoms with E-state index in [9.17, 15) is 27.6 Å². The van der Waals surface area contributed by atoms with Gasteiger partial charge in [0.25, 0.3) is 0 Å². The molecular weight excluding hydrogens is 327 g/mol. The van der Waals surface area contributed by atoms with Gasteiger partial charge < -0.3 is 16.4 Å². The zero-order valence-corrected chi connectivity index (χ0v) is 13.2. The number of rotatable bonds is 6. The highest BCUT2D eigenvalue weighted by Gasteiger charge is 2.32. The van der Waals surface area contributed by atoms with Crippen molar-refractivity contribution < 1.29 is 27.6 Å². The Morgan fingerprint density at radius 1 is 1.25 bits per heavy atom. The number of nitrogens with one attached hydrogen (secondary N) is 2. The van der Waals surface area contributed by atoms with Gasteiger partial charge in [0.05, 0.1) is 5.56 Å². The zero-order chi connectivity index (χ0) is 18.5. The molecule has 0 fully saturated rings. The van der Waals surface area contributed by atoms with Crippen LogP contribution in [0.15, 0.2) is 18.2 Å². The highest BCUT2D eigenvalue weighted by atomic mass is 19.4. The molecule has 0 saturated heterocycles. The molecule has 6 nitrogen and oxygen atoms in total. The summed E-state index contributed by atoms with van der Waals surface area (Å²) >= 11 is 0. The van der Waals surface area contributed by atoms with Crippen LogP contribution in [0.5, 0.6) is 0 Å². The summed E-state index contributed by atoms with van der Waals surface area (Å²) in [4.78, 5) is 34.1. The third-order valence-electron chi connectivity index (χ3n) is 3.18. The van der Waals surface area contributed by atoms with Gasteiger partial charge in [0.2, 0.25) is 17.7 Å². The fourth-order valence-electron chi connectivity index (χ4n) is 2.04. The Bertz CT molecular complexity index is 645. The minimum Gasteiger partial charge on any atom is -0.370 e. The first-order valence-corrected chi connectivity index (χ1v) is 7.05. The molecule has 0 aliphatic carbocycles. The number of primary amides is 1. The number of carbonyl (C=O) groups excluding carboxylic acids is 3. The number of hydrogen-bond acceptors (Lipinski definition) is 3. The van der Waals surface area contributed by atoms with Crippen molar-refractivity contribution in [1.29, 1.82) is 0 Å². The number of hydrogen-bond donors (Lipinski definition) is 3. The summed E-state index contributed by atoms with van der Waals surface area (Å²) in [7, 11) is 0. The maximum Gasteiger partial charge on any atom is 0.416 e. The molecule has 4 N–H and O–H groups in total. The predicted molar refractivity (Wildman–Crippen MR) is 80.8 cm³/mol. The molecule has 0 heterocycles. The van der Waals surface area contributed by atoms with Crippen molar-refractivity contribution in [1.82, 2.24) is 5.32 Å². The molecule has 3 amide bonds. The molecule has 0 aliphatic heterocycles. The molecule has 1 rings (SSSR count). The van der Waals surface area contributed by atoms with Gasteiger partial charge in [-0.05, 0) is 31.0 Å². The van der Waals surface area contributed by atoms with E-state index >= 15 is 0 Å². The smallest absolute Gasteiger partial charge is 0.370 e. The lowest BCUT2D eigenvalue weighted by atomic mass is 10.1. The minimum atomic E-state index is -4.55. The second-order valence-electron chi connectivity index (χ2n) is 5.27. The third kappa shape index (κ3) is 5.90. The number of alkyl halides is 3. The van der Waals surface area contributed by atoms with Crippen LogP contribution in [0.3, 0.4) is 0 Å². The quantitative estimate of drug-likeness (QED) is 0.732. The summed E-state index contributed by atoms with van der Waals surface area (Å²) in [5.74, 6) is -1.91. The number of benzene rings is 1. The molecule has 132 valence electrons. The topological polar surface area (TPSA) is 101 Å². The van der Waals surface area contributed by atoms with E-state index in [0.717, 1.165) is 6.07 Å². The van der Waals surface area contributed by atoms with Crippen LogP contribution in [0.25, 0.3) is 0 Å². The van der Waals surface area contributed by atoms with E-state index in [2.05, 4.69) is 10.6 Å². The molecule has 1 aromatic rings. The predicted octanol–water partition coefficient (Wildman–Crippen LogP) is 1.72. The average Bonchev–Trinajstić information content (AvgIpc) is 2.43. The largest absolute Gasteiger partial charge is 0.416 e. The Morgan fingerprint density at radius 3 is 2.38 bits per heavy atom. The van der Waals surface area contributed by atoms with Crippen LogP contribution in [0.1, 0.15) is 30.9 Å². The van der Waals surface area contributed by atoms with Gasteiger partial charge in [-0.2, -0.15) is 13.2 Å². The van der Waals surface area contributed by atoms with Crippen molar-refractivity contribution in [3.63, 3.8) is 0 Å². The van der Waals surface area contributed by atoms with E-state index in [1.165, 1.54) is 26.0 Å². The minimum absolute atomic E-state index is 0.0210. The molecule has 1 unspecified atom stereocenters. The van der Waals surface area contributed by atoms with Crippen LogP contribution < -0.4 is 16.4 Å². The Morgan fingerprint density at radius 2 is 1.88 bits per heavy atom. The molecule has 0 saturated carbocycles. The lowest BCUT2D eigenvalue weighted by Crippen LogP contribution is -2.43. The van der Waals surface area contributed by atoms with Gasteiger partial charge in [0.15, 0.2) is 0 Å². The Hall–Kier alpha value is -2.58. The maximum atomic E-state index is 12.9. The van der Waals surface area contributed by atoms with Crippen molar-refractivity contribution in [3.05, 3.63) is 29.3 Å². The van der Waals surface area contributed by atoms with Crippen molar-refractivity contribution in [2.45, 2.75) is 38.9 Å². The van der Waals surface area contributed by atoms with Crippen LogP contribution in [0, 0.1) is 6.92 Å². The fraction of sp³-hybridized carbons (Fsp3) is 0.400. The van der Waals surface area contributed by atoms with E-state index in [4.69, 9.17) is 5.73 Å². The van der Waals surface area contributed by atoms with Gasteiger partial charge in [-0.3, -0.25) is 14.4 Å². The van der Waals surface area contributed by atoms with E-state index in [1.54, 1.807) is 0 Å². The lowest BCUT2D eigenvalue weighted by molar-refractivity contribution is -0.138. The summed E-state index contributed by atoms with van der Waals surface area (Å²) in [6, 6.07) is 2.29. The van der Waals surface area contributed by atoms with Crippen LogP contribution in [-0.4, -0.2) is 23.8 Å². The first-order chi connectivity index (χ1) is 11.0. The van der Waals surface area contributed by atoms with E-state index in [-0.39, 0.29) is 24.1 Å². The molecule has 0 radical (unpaired) electrons. The van der Waals surface area contributed by atoms with Crippen molar-refractivity contribution in [3.8, 4) is 0 Å². The molecule has 9 heteroatoms. The summed E-state index contributed by atoms with van der Waals surface area (Å²) in [6.07, 6.45) is -4.76. The lowest BCUT2D eigenvalue weighted by Gasteiger charge is -2.18. The molecule has 0 aromatic heterocycles. The van der Waals surface area contributed by atoms with Gasteiger partial charge in [-0.25, -0.2) is 0 Å². The van der Waals surface area contributed by atoms with E-state index < -0.39 is 35.5 Å². The number of nitrogens with two attached hydrogens (primary N) is 1. The monoisotopic (exact) mass is 345 g/mol. The van der Waals surface area contributed by atoms with E-state index in [0.29, 0.717) is 0 Å². The number of aryl methyl sites for hydroxylation is 1. The highest BCUT2D eigenvalue weighted by Crippen LogP contribution is 2.33. The van der Waals surface area contributed by atoms with E-state index in [1.807, 2.05) is 0 Å². The first kappa shape index (κ1) is 19.5. The van der Waals surface area contributed by atoms with Gasteiger partial charge in [0.1, 0.15) is 6.04 Å². The summed E-state index contributed by atoms with van der Waals surface area (Å²) in [6.45, 7) is 2.49. The molecule has 1 atom stereocenters. The van der Waals surface area contributed by atoms with Crippen molar-refractivity contribution in [2.75, 3.05) is 5.32 Å². The number of halogens is 3. The normalized spacial score (nSPS) is 12.4. The average molecular weight is 345 g/mol. The van der Waals surface area contributed by atoms with Crippen LogP contribution in [0.4, 0.5) is 18.9 Å². The van der Waals surface area contributed by atoms with Crippen LogP contribution >= 0.6 is 0 Å². The number of amides is 3. The fourth-order valence-corrected chi connectivity index (χ4v) is 2.04. The number of carbonyl (C=O) groups is 3. The second-order valence-corrected chi connectivity index (χ2v) is 5.27. The third-order valence-corrected chi connectivity index (χ3v) is 3.18. The second kappa shape index (κ2) is 7.80. The zero-order valence-electron chi connectivity index (χ0n) is 13.2. The van der Waals surface area contributed by atoms with Gasteiger partial charge in [-0.1, -0.05) is 6.07 Å². The van der Waals surface area contributed by atoms with Crippen molar-refractivity contribution >= 4 is 23.4 Å². The maximum absolute atomic E-state index is 12.9. The number of anilines is 1. The summed E-state index contributed by atoms with van der Waals surface area (Å²) < 4.78 is 38.7. The van der Waals surface area contributed by atoms with Gasteiger partial charge in [-0.15, -0.1) is 0 Å². The van der Waals surface area contributed by atoms with Gasteiger partial charge in [0, 0.05) is 19.0 Å². The molecule has 0 spiro atoms. The Balaban J connectivity index is 2.93. The first-order valence-electron chi connectivity index (χ1n) is 7.05. The molecule has 1 aromatic carbocycles. The summed E-state index contributed by atoms with van der Waals surface area (Å²) in [5.41, 5.74) is 4.09. The molecule has 0 aliphatic rings. The Labute approximate surface area is 136 Å². The molecular formula is C15H18F3N3O3. The highest BCUT2D eigenvalue weighted by molar-refractivity contribution is 5.97. The summed E-state index contributed by atoms with van der Waals surface area (Å²) in [5, 5.41) is 4.64. The standard InChI is InChI=1S/C15H18F3N3O3/c1-8-3-4-10(7-11(8)15(16,17)18)21-14(24)12(20-9(2)22)5-6-13(19)23/h3-4,7,12H,5-6H2,1-2H3,(H2,19,23)(H,20,22)(H,21,24). The van der Waals surface area contributed by atoms with Gasteiger partial charge >= 0.3 is 6.18 Å². The Kier molecular flexibility index (Phi) is 6.33. The SMILES string of the molecule is CC(=O)NC(CCC(N)=O)C(=O)Nc1ccc(C)c(C(F)(F)F)c1. The van der Waals surface area contributed by atoms with Crippen molar-refractivity contribution in [2.24, 2.45) is 5.73 Å². The molecule has 24 heavy (non-hydrogen) atoms. The van der Waals surface area contributed by atoms with Crippen LogP contribution in [0.2, 0.25) is 0 Å².